The summed E-state index contributed by atoms with van der Waals surface area (Å²) in [5.41, 5.74) is 4.54. The Morgan fingerprint density at radius 2 is 1.58 bits per heavy atom. The number of nitrogens with one attached hydrogen (secondary N) is 2. The van der Waals surface area contributed by atoms with Gasteiger partial charge in [-0.3, -0.25) is 4.79 Å². The Bertz CT molecular complexity index is 1180. The van der Waals surface area contributed by atoms with E-state index in [4.69, 9.17) is 4.74 Å². The molecule has 0 fully saturated rings. The zero-order valence-electron chi connectivity index (χ0n) is 17.6. The number of nitrogens with zero attached hydrogens (tertiary/aromatic N) is 1. The van der Waals surface area contributed by atoms with E-state index in [-0.39, 0.29) is 5.91 Å². The van der Waals surface area contributed by atoms with Gasteiger partial charge < -0.3 is 10.1 Å². The first-order valence-corrected chi connectivity index (χ1v) is 10.3. The second-order valence-electron chi connectivity index (χ2n) is 7.30. The summed E-state index contributed by atoms with van der Waals surface area (Å²) in [5.74, 6) is 0.592. The first-order chi connectivity index (χ1) is 15.2. The standard InChI is InChI=1S/C26H25N3O2/c1-3-25(28-20-12-14-21(31-2)15-13-20)26(30)29-27-17-24-22-10-6-4-8-18(22)16-19-9-5-7-11-23(19)24/h4-17,25,28H,3H2,1-2H3,(H,29,30)/b27-17-/t25-/m0/s1. The van der Waals surface area contributed by atoms with Crippen molar-refractivity contribution < 1.29 is 9.53 Å². The predicted molar refractivity (Wildman–Crippen MR) is 128 cm³/mol. The number of anilines is 1. The van der Waals surface area contributed by atoms with Gasteiger partial charge in [-0.15, -0.1) is 0 Å². The van der Waals surface area contributed by atoms with Gasteiger partial charge in [0.2, 0.25) is 0 Å². The molecule has 0 aliphatic carbocycles. The normalized spacial score (nSPS) is 12.2. The Kier molecular flexibility index (Phi) is 6.13. The van der Waals surface area contributed by atoms with Crippen LogP contribution in [0.15, 0.2) is 84.0 Å². The number of methoxy groups -OCH3 is 1. The second kappa shape index (κ2) is 9.30. The van der Waals surface area contributed by atoms with Gasteiger partial charge in [-0.25, -0.2) is 5.43 Å². The van der Waals surface area contributed by atoms with Crippen molar-refractivity contribution in [3.8, 4) is 5.75 Å². The number of rotatable bonds is 7. The number of hydrogen-bond donors (Lipinski definition) is 2. The first-order valence-electron chi connectivity index (χ1n) is 10.3. The zero-order valence-corrected chi connectivity index (χ0v) is 17.6. The number of carbonyl (C=O) groups is 1. The summed E-state index contributed by atoms with van der Waals surface area (Å²) in [6, 6.07) is 25.7. The highest BCUT2D eigenvalue weighted by atomic mass is 16.5. The molecule has 0 aromatic heterocycles. The van der Waals surface area contributed by atoms with Gasteiger partial charge >= 0.3 is 0 Å². The molecule has 0 saturated carbocycles. The molecule has 0 aliphatic heterocycles. The molecule has 1 atom stereocenters. The fourth-order valence-corrected chi connectivity index (χ4v) is 3.67. The minimum absolute atomic E-state index is 0.181. The van der Waals surface area contributed by atoms with Crippen molar-refractivity contribution in [3.63, 3.8) is 0 Å². The summed E-state index contributed by atoms with van der Waals surface area (Å²) in [6.07, 6.45) is 2.37. The van der Waals surface area contributed by atoms with Crippen LogP contribution in [0.4, 0.5) is 5.69 Å². The number of hydrazone groups is 1. The molecule has 5 nitrogen and oxygen atoms in total. The van der Waals surface area contributed by atoms with E-state index in [1.54, 1.807) is 13.3 Å². The molecule has 4 aromatic rings. The molecule has 31 heavy (non-hydrogen) atoms. The SMILES string of the molecule is CC[C@H](Nc1ccc(OC)cc1)C(=O)N/N=C\c1c2ccccc2cc2ccccc12. The summed E-state index contributed by atoms with van der Waals surface area (Å²) >= 11 is 0. The molecule has 0 saturated heterocycles. The number of hydrogen-bond acceptors (Lipinski definition) is 4. The Morgan fingerprint density at radius 3 is 2.16 bits per heavy atom. The zero-order chi connectivity index (χ0) is 21.6. The monoisotopic (exact) mass is 411 g/mol. The Morgan fingerprint density at radius 1 is 0.968 bits per heavy atom. The van der Waals surface area contributed by atoms with Crippen LogP contribution >= 0.6 is 0 Å². The van der Waals surface area contributed by atoms with Crippen molar-refractivity contribution in [2.24, 2.45) is 5.10 Å². The fraction of sp³-hybridized carbons (Fsp3) is 0.154. The Balaban J connectivity index is 1.54. The highest BCUT2D eigenvalue weighted by Gasteiger charge is 2.15. The predicted octanol–water partition coefficient (Wildman–Crippen LogP) is 5.34. The number of ether oxygens (including phenoxy) is 1. The molecule has 4 aromatic carbocycles. The van der Waals surface area contributed by atoms with Gasteiger partial charge in [-0.05, 0) is 58.3 Å². The van der Waals surface area contributed by atoms with Gasteiger partial charge in [0.05, 0.1) is 13.3 Å². The molecule has 0 spiro atoms. The van der Waals surface area contributed by atoms with Crippen LogP contribution in [0.5, 0.6) is 5.75 Å². The molecule has 0 bridgehead atoms. The molecule has 0 aliphatic rings. The third-order valence-corrected chi connectivity index (χ3v) is 5.34. The quantitative estimate of drug-likeness (QED) is 0.245. The molecule has 0 unspecified atom stereocenters. The maximum atomic E-state index is 12.7. The molecule has 156 valence electrons. The second-order valence-corrected chi connectivity index (χ2v) is 7.30. The van der Waals surface area contributed by atoms with Gasteiger partial charge in [-0.1, -0.05) is 55.5 Å². The van der Waals surface area contributed by atoms with E-state index >= 15 is 0 Å². The van der Waals surface area contributed by atoms with E-state index in [2.05, 4.69) is 46.2 Å². The lowest BCUT2D eigenvalue weighted by atomic mass is 9.97. The van der Waals surface area contributed by atoms with Crippen LogP contribution in [0, 0.1) is 0 Å². The molecule has 1 amide bonds. The fourth-order valence-electron chi connectivity index (χ4n) is 3.67. The minimum Gasteiger partial charge on any atom is -0.497 e. The van der Waals surface area contributed by atoms with Gasteiger partial charge in [0.25, 0.3) is 5.91 Å². The summed E-state index contributed by atoms with van der Waals surface area (Å²) < 4.78 is 5.18. The average Bonchev–Trinajstić information content (AvgIpc) is 2.82. The van der Waals surface area contributed by atoms with Crippen molar-refractivity contribution in [1.29, 1.82) is 0 Å². The summed E-state index contributed by atoms with van der Waals surface area (Å²) in [7, 11) is 1.63. The Labute approximate surface area is 181 Å². The molecule has 2 N–H and O–H groups in total. The molecular formula is C26H25N3O2. The summed E-state index contributed by atoms with van der Waals surface area (Å²) in [4.78, 5) is 12.7. The third-order valence-electron chi connectivity index (χ3n) is 5.34. The van der Waals surface area contributed by atoms with E-state index in [1.807, 2.05) is 55.5 Å². The highest BCUT2D eigenvalue weighted by molar-refractivity contribution is 6.13. The van der Waals surface area contributed by atoms with Gasteiger partial charge in [-0.2, -0.15) is 5.10 Å². The van der Waals surface area contributed by atoms with Crippen molar-refractivity contribution in [3.05, 3.63) is 84.4 Å². The number of amides is 1. The maximum Gasteiger partial charge on any atom is 0.262 e. The number of fused-ring (bicyclic) bond motifs is 2. The van der Waals surface area contributed by atoms with E-state index in [0.29, 0.717) is 6.42 Å². The highest BCUT2D eigenvalue weighted by Crippen LogP contribution is 2.27. The minimum atomic E-state index is -0.394. The van der Waals surface area contributed by atoms with Crippen LogP contribution in [-0.2, 0) is 4.79 Å². The Hall–Kier alpha value is -3.86. The largest absolute Gasteiger partial charge is 0.497 e. The molecule has 4 rings (SSSR count). The van der Waals surface area contributed by atoms with Crippen LogP contribution < -0.4 is 15.5 Å². The molecule has 5 heteroatoms. The van der Waals surface area contributed by atoms with Crippen molar-refractivity contribution in [2.45, 2.75) is 19.4 Å². The third kappa shape index (κ3) is 4.51. The lowest BCUT2D eigenvalue weighted by Crippen LogP contribution is -2.36. The summed E-state index contributed by atoms with van der Waals surface area (Å²) in [6.45, 7) is 1.96. The summed E-state index contributed by atoms with van der Waals surface area (Å²) in [5, 5.41) is 12.0. The smallest absolute Gasteiger partial charge is 0.262 e. The van der Waals surface area contributed by atoms with E-state index < -0.39 is 6.04 Å². The topological polar surface area (TPSA) is 62.7 Å². The molecule has 0 heterocycles. The number of benzene rings is 4. The van der Waals surface area contributed by atoms with Crippen LogP contribution in [0.3, 0.4) is 0 Å². The van der Waals surface area contributed by atoms with E-state index in [0.717, 1.165) is 38.5 Å². The van der Waals surface area contributed by atoms with Crippen molar-refractivity contribution in [1.82, 2.24) is 5.43 Å². The van der Waals surface area contributed by atoms with Gasteiger partial charge in [0.1, 0.15) is 11.8 Å². The van der Waals surface area contributed by atoms with Crippen LogP contribution in [0.1, 0.15) is 18.9 Å². The van der Waals surface area contributed by atoms with Crippen LogP contribution in [0.25, 0.3) is 21.5 Å². The maximum absolute atomic E-state index is 12.7. The number of carbonyl (C=O) groups excluding carboxylic acids is 1. The van der Waals surface area contributed by atoms with E-state index in [9.17, 15) is 4.79 Å². The molecule has 0 radical (unpaired) electrons. The van der Waals surface area contributed by atoms with Gasteiger partial charge in [0, 0.05) is 11.3 Å². The lowest BCUT2D eigenvalue weighted by Gasteiger charge is -2.16. The average molecular weight is 412 g/mol. The lowest BCUT2D eigenvalue weighted by molar-refractivity contribution is -0.121. The van der Waals surface area contributed by atoms with Crippen LogP contribution in [-0.4, -0.2) is 25.3 Å². The van der Waals surface area contributed by atoms with Gasteiger partial charge in [0.15, 0.2) is 0 Å². The van der Waals surface area contributed by atoms with Crippen LogP contribution in [0.2, 0.25) is 0 Å². The van der Waals surface area contributed by atoms with Crippen molar-refractivity contribution >= 4 is 39.4 Å². The first kappa shape index (κ1) is 20.4. The van der Waals surface area contributed by atoms with E-state index in [1.165, 1.54) is 0 Å². The molecular weight excluding hydrogens is 386 g/mol. The van der Waals surface area contributed by atoms with Crippen molar-refractivity contribution in [2.75, 3.05) is 12.4 Å².